The fraction of sp³-hybridized carbons (Fsp3) is 0.600. The van der Waals surface area contributed by atoms with Gasteiger partial charge < -0.3 is 14.9 Å². The monoisotopic (exact) mass is 384 g/mol. The number of hydrogen-bond donors (Lipinski definition) is 1. The van der Waals surface area contributed by atoms with Crippen molar-refractivity contribution < 1.29 is 9.90 Å². The molecule has 8 heteroatoms. The van der Waals surface area contributed by atoms with Gasteiger partial charge in [0, 0.05) is 37.7 Å². The van der Waals surface area contributed by atoms with Crippen LogP contribution in [0.3, 0.4) is 0 Å². The fourth-order valence-corrected chi connectivity index (χ4v) is 4.32. The molecule has 2 aromatic rings. The first-order chi connectivity index (χ1) is 13.6. The number of hydrogen-bond acceptors (Lipinski definition) is 6. The smallest absolute Gasteiger partial charge is 0.253 e. The van der Waals surface area contributed by atoms with Crippen molar-refractivity contribution in [3.63, 3.8) is 0 Å². The van der Waals surface area contributed by atoms with Crippen molar-refractivity contribution in [2.75, 3.05) is 39.3 Å². The van der Waals surface area contributed by atoms with E-state index in [1.807, 2.05) is 36.1 Å². The summed E-state index contributed by atoms with van der Waals surface area (Å²) in [6.45, 7) is 7.23. The Morgan fingerprint density at radius 3 is 2.50 bits per heavy atom. The fourth-order valence-electron chi connectivity index (χ4n) is 4.32. The molecule has 2 aliphatic rings. The number of aromatic nitrogens is 4. The van der Waals surface area contributed by atoms with Crippen LogP contribution in [0.15, 0.2) is 24.3 Å². The lowest BCUT2D eigenvalue weighted by molar-refractivity contribution is 0.0779. The predicted molar refractivity (Wildman–Crippen MR) is 104 cm³/mol. The normalized spacial score (nSPS) is 22.9. The highest BCUT2D eigenvalue weighted by Gasteiger charge is 2.36. The summed E-state index contributed by atoms with van der Waals surface area (Å²) in [7, 11) is 0. The number of carbonyl (C=O) groups excluding carboxylic acids is 1. The summed E-state index contributed by atoms with van der Waals surface area (Å²) in [5.74, 6) is 1.34. The van der Waals surface area contributed by atoms with E-state index >= 15 is 0 Å². The van der Waals surface area contributed by atoms with Crippen LogP contribution < -0.4 is 0 Å². The molecule has 28 heavy (non-hydrogen) atoms. The average molecular weight is 384 g/mol. The Hall–Kier alpha value is -2.32. The summed E-state index contributed by atoms with van der Waals surface area (Å²) >= 11 is 0. The molecule has 1 N–H and O–H groups in total. The number of nitrogens with zero attached hydrogens (tertiary/aromatic N) is 6. The lowest BCUT2D eigenvalue weighted by Crippen LogP contribution is -2.32. The van der Waals surface area contributed by atoms with Crippen LogP contribution in [0.4, 0.5) is 0 Å². The Kier molecular flexibility index (Phi) is 5.68. The molecule has 150 valence electrons. The van der Waals surface area contributed by atoms with E-state index < -0.39 is 0 Å². The molecule has 8 nitrogen and oxygen atoms in total. The molecule has 0 bridgehead atoms. The average Bonchev–Trinajstić information content (AvgIpc) is 3.45. The van der Waals surface area contributed by atoms with E-state index in [4.69, 9.17) is 0 Å². The summed E-state index contributed by atoms with van der Waals surface area (Å²) in [6.07, 6.45) is 2.52. The summed E-state index contributed by atoms with van der Waals surface area (Å²) in [5.41, 5.74) is 1.74. The zero-order chi connectivity index (χ0) is 19.5. The van der Waals surface area contributed by atoms with Gasteiger partial charge in [0.25, 0.3) is 5.91 Å². The first-order valence-corrected chi connectivity index (χ1v) is 10.1. The third-order valence-electron chi connectivity index (χ3n) is 6.03. The molecule has 0 unspecified atom stereocenters. The lowest BCUT2D eigenvalue weighted by atomic mass is 9.96. The molecule has 3 heterocycles. The van der Waals surface area contributed by atoms with Gasteiger partial charge in [-0.05, 0) is 66.9 Å². The van der Waals surface area contributed by atoms with Crippen LogP contribution >= 0.6 is 0 Å². The highest BCUT2D eigenvalue weighted by molar-refractivity contribution is 5.94. The van der Waals surface area contributed by atoms with Crippen molar-refractivity contribution in [2.45, 2.75) is 26.3 Å². The number of rotatable bonds is 6. The minimum Gasteiger partial charge on any atom is -0.396 e. The van der Waals surface area contributed by atoms with Crippen molar-refractivity contribution in [2.24, 2.45) is 11.8 Å². The molecule has 2 atom stereocenters. The molecular formula is C20H28N6O2. The van der Waals surface area contributed by atoms with Gasteiger partial charge >= 0.3 is 0 Å². The third-order valence-corrected chi connectivity index (χ3v) is 6.03. The Bertz CT molecular complexity index is 799. The van der Waals surface area contributed by atoms with Crippen LogP contribution in [0.25, 0.3) is 0 Å². The number of amides is 1. The molecular weight excluding hydrogens is 356 g/mol. The Morgan fingerprint density at radius 2 is 1.86 bits per heavy atom. The minimum atomic E-state index is 0.0486. The van der Waals surface area contributed by atoms with Crippen molar-refractivity contribution in [3.05, 3.63) is 41.2 Å². The van der Waals surface area contributed by atoms with E-state index in [0.29, 0.717) is 24.6 Å². The number of carbonyl (C=O) groups is 1. The molecule has 0 saturated carbocycles. The summed E-state index contributed by atoms with van der Waals surface area (Å²) in [6, 6.07) is 7.66. The quantitative estimate of drug-likeness (QED) is 0.793. The van der Waals surface area contributed by atoms with Gasteiger partial charge in [0.15, 0.2) is 0 Å². The zero-order valence-electron chi connectivity index (χ0n) is 16.4. The number of benzene rings is 1. The molecule has 1 aromatic heterocycles. The highest BCUT2D eigenvalue weighted by atomic mass is 16.3. The van der Waals surface area contributed by atoms with Gasteiger partial charge in [-0.3, -0.25) is 4.79 Å². The van der Waals surface area contributed by atoms with E-state index in [1.165, 1.54) is 12.8 Å². The SMILES string of the molecule is Cc1nnnn1Cc1ccc(C(=O)N2C[C@@H](CN3CCCC3)[C@@H](CO)C2)cc1. The Labute approximate surface area is 165 Å². The molecule has 2 fully saturated rings. The van der Waals surface area contributed by atoms with E-state index in [9.17, 15) is 9.90 Å². The minimum absolute atomic E-state index is 0.0486. The Balaban J connectivity index is 1.38. The maximum atomic E-state index is 13.0. The Morgan fingerprint density at radius 1 is 1.14 bits per heavy atom. The van der Waals surface area contributed by atoms with Crippen molar-refractivity contribution in [3.8, 4) is 0 Å². The molecule has 2 saturated heterocycles. The highest BCUT2D eigenvalue weighted by Crippen LogP contribution is 2.27. The summed E-state index contributed by atoms with van der Waals surface area (Å²) < 4.78 is 1.73. The largest absolute Gasteiger partial charge is 0.396 e. The third kappa shape index (κ3) is 4.07. The van der Waals surface area contributed by atoms with Crippen LogP contribution in [0.1, 0.15) is 34.6 Å². The zero-order valence-corrected chi connectivity index (χ0v) is 16.4. The second-order valence-corrected chi connectivity index (χ2v) is 8.00. The van der Waals surface area contributed by atoms with Gasteiger partial charge in [-0.15, -0.1) is 5.10 Å². The predicted octanol–water partition coefficient (Wildman–Crippen LogP) is 0.806. The van der Waals surface area contributed by atoms with Gasteiger partial charge in [-0.2, -0.15) is 0 Å². The van der Waals surface area contributed by atoms with Crippen molar-refractivity contribution in [1.82, 2.24) is 30.0 Å². The van der Waals surface area contributed by atoms with Crippen LogP contribution in [0.2, 0.25) is 0 Å². The number of likely N-dealkylation sites (tertiary alicyclic amines) is 2. The molecule has 0 spiro atoms. The van der Waals surface area contributed by atoms with Gasteiger partial charge in [0.05, 0.1) is 6.54 Å². The standard InChI is InChI=1S/C20H28N6O2/c1-15-21-22-23-26(15)10-16-4-6-17(7-5-16)20(28)25-12-18(19(13-25)14-27)11-24-8-2-3-9-24/h4-7,18-19,27H,2-3,8-14H2,1H3/t18-,19-/m1/s1. The van der Waals surface area contributed by atoms with E-state index in [1.54, 1.807) is 4.68 Å². The first kappa shape index (κ1) is 19.0. The molecule has 0 radical (unpaired) electrons. The number of aliphatic hydroxyl groups excluding tert-OH is 1. The molecule has 1 aromatic carbocycles. The van der Waals surface area contributed by atoms with Crippen molar-refractivity contribution in [1.29, 1.82) is 0 Å². The lowest BCUT2D eigenvalue weighted by Gasteiger charge is -2.22. The van der Waals surface area contributed by atoms with Gasteiger partial charge in [-0.1, -0.05) is 12.1 Å². The van der Waals surface area contributed by atoms with Crippen LogP contribution in [-0.4, -0.2) is 80.4 Å². The molecule has 4 rings (SSSR count). The van der Waals surface area contributed by atoms with Crippen molar-refractivity contribution >= 4 is 5.91 Å². The number of aryl methyl sites for hydroxylation is 1. The molecule has 2 aliphatic heterocycles. The van der Waals surface area contributed by atoms with E-state index in [-0.39, 0.29) is 18.4 Å². The van der Waals surface area contributed by atoms with Gasteiger partial charge in [-0.25, -0.2) is 4.68 Å². The summed E-state index contributed by atoms with van der Waals surface area (Å²) in [5, 5.41) is 21.3. The summed E-state index contributed by atoms with van der Waals surface area (Å²) in [4.78, 5) is 17.3. The number of tetrazole rings is 1. The second kappa shape index (κ2) is 8.36. The van der Waals surface area contributed by atoms with Crippen LogP contribution in [0.5, 0.6) is 0 Å². The molecule has 0 aliphatic carbocycles. The van der Waals surface area contributed by atoms with Crippen LogP contribution in [0, 0.1) is 18.8 Å². The van der Waals surface area contributed by atoms with Crippen LogP contribution in [-0.2, 0) is 6.54 Å². The second-order valence-electron chi connectivity index (χ2n) is 8.00. The maximum absolute atomic E-state index is 13.0. The van der Waals surface area contributed by atoms with E-state index in [0.717, 1.165) is 37.6 Å². The maximum Gasteiger partial charge on any atom is 0.253 e. The van der Waals surface area contributed by atoms with E-state index in [2.05, 4.69) is 20.4 Å². The number of aliphatic hydroxyl groups is 1. The first-order valence-electron chi connectivity index (χ1n) is 10.1. The van der Waals surface area contributed by atoms with Gasteiger partial charge in [0.1, 0.15) is 5.82 Å². The van der Waals surface area contributed by atoms with Gasteiger partial charge in [0.2, 0.25) is 0 Å². The topological polar surface area (TPSA) is 87.4 Å². The molecule has 1 amide bonds.